The highest BCUT2D eigenvalue weighted by molar-refractivity contribution is 7.89. The summed E-state index contributed by atoms with van der Waals surface area (Å²) in [5, 5.41) is 3.03. The van der Waals surface area contributed by atoms with Gasteiger partial charge in [-0.15, -0.1) is 0 Å². The third-order valence-electron chi connectivity index (χ3n) is 6.46. The van der Waals surface area contributed by atoms with Gasteiger partial charge in [-0.05, 0) is 66.8 Å². The van der Waals surface area contributed by atoms with Crippen molar-refractivity contribution in [3.8, 4) is 0 Å². The Labute approximate surface area is 193 Å². The molecule has 0 radical (unpaired) electrons. The van der Waals surface area contributed by atoms with E-state index < -0.39 is 10.0 Å². The van der Waals surface area contributed by atoms with Crippen molar-refractivity contribution in [3.05, 3.63) is 64.7 Å². The van der Waals surface area contributed by atoms with E-state index in [1.165, 1.54) is 11.6 Å². The topological polar surface area (TPSA) is 66.5 Å². The van der Waals surface area contributed by atoms with Crippen LogP contribution in [-0.2, 0) is 15.4 Å². The van der Waals surface area contributed by atoms with E-state index in [0.29, 0.717) is 24.6 Å². The fourth-order valence-electron chi connectivity index (χ4n) is 4.01. The summed E-state index contributed by atoms with van der Waals surface area (Å²) in [7, 11) is -3.60. The van der Waals surface area contributed by atoms with Gasteiger partial charge in [0.25, 0.3) is 5.91 Å². The van der Waals surface area contributed by atoms with Crippen molar-refractivity contribution in [2.75, 3.05) is 13.1 Å². The van der Waals surface area contributed by atoms with Gasteiger partial charge in [-0.2, -0.15) is 4.31 Å². The Hall–Kier alpha value is -2.18. The Morgan fingerprint density at radius 2 is 1.66 bits per heavy atom. The first-order chi connectivity index (χ1) is 14.9. The van der Waals surface area contributed by atoms with Crippen LogP contribution in [0.15, 0.2) is 47.4 Å². The van der Waals surface area contributed by atoms with E-state index in [0.717, 1.165) is 24.0 Å². The minimum atomic E-state index is -3.60. The first kappa shape index (κ1) is 24.5. The average molecular weight is 457 g/mol. The van der Waals surface area contributed by atoms with Gasteiger partial charge in [-0.3, -0.25) is 4.79 Å². The summed E-state index contributed by atoms with van der Waals surface area (Å²) in [5.41, 5.74) is 3.47. The van der Waals surface area contributed by atoms with Gasteiger partial charge < -0.3 is 5.32 Å². The smallest absolute Gasteiger partial charge is 0.252 e. The van der Waals surface area contributed by atoms with Gasteiger partial charge in [0.1, 0.15) is 0 Å². The van der Waals surface area contributed by atoms with Crippen LogP contribution in [0.4, 0.5) is 0 Å². The van der Waals surface area contributed by atoms with E-state index in [1.807, 2.05) is 26.0 Å². The molecule has 5 nitrogen and oxygen atoms in total. The number of piperidine rings is 1. The number of hydrogen-bond donors (Lipinski definition) is 1. The quantitative estimate of drug-likeness (QED) is 0.672. The molecule has 0 spiro atoms. The van der Waals surface area contributed by atoms with Gasteiger partial charge in [0, 0.05) is 18.7 Å². The van der Waals surface area contributed by atoms with Crippen molar-refractivity contribution in [2.24, 2.45) is 5.92 Å². The molecule has 32 heavy (non-hydrogen) atoms. The molecule has 1 aliphatic rings. The first-order valence-electron chi connectivity index (χ1n) is 11.4. The summed E-state index contributed by atoms with van der Waals surface area (Å²) in [6.07, 6.45) is 1.73. The number of carbonyl (C=O) groups is 1. The Balaban J connectivity index is 1.78. The molecule has 0 bridgehead atoms. The molecule has 1 aliphatic heterocycles. The maximum Gasteiger partial charge on any atom is 0.252 e. The molecule has 2 aromatic rings. The Kier molecular flexibility index (Phi) is 7.15. The molecular weight excluding hydrogens is 420 g/mol. The predicted molar refractivity (Wildman–Crippen MR) is 129 cm³/mol. The molecule has 1 saturated heterocycles. The standard InChI is InChI=1S/C26H36N2O3S/c1-18-13-15-28(16-14-18)32(30,31)23-12-7-19(2)24(17-23)25(29)27-20(3)21-8-10-22(11-9-21)26(4,5)6/h7-12,17-18,20H,13-16H2,1-6H3,(H,27,29)/t20-/m1/s1. The van der Waals surface area contributed by atoms with E-state index in [1.54, 1.807) is 16.4 Å². The van der Waals surface area contributed by atoms with Crippen LogP contribution in [0.2, 0.25) is 0 Å². The maximum absolute atomic E-state index is 13.1. The lowest BCUT2D eigenvalue weighted by Gasteiger charge is -2.29. The molecule has 1 amide bonds. The van der Waals surface area contributed by atoms with E-state index in [2.05, 4.69) is 45.1 Å². The molecule has 0 saturated carbocycles. The number of nitrogens with one attached hydrogen (secondary N) is 1. The summed E-state index contributed by atoms with van der Waals surface area (Å²) < 4.78 is 27.8. The Morgan fingerprint density at radius 1 is 1.06 bits per heavy atom. The van der Waals surface area contributed by atoms with Crippen LogP contribution in [0.25, 0.3) is 0 Å². The summed E-state index contributed by atoms with van der Waals surface area (Å²) >= 11 is 0. The van der Waals surface area contributed by atoms with Crippen LogP contribution >= 0.6 is 0 Å². The third kappa shape index (κ3) is 5.41. The summed E-state index contributed by atoms with van der Waals surface area (Å²) in [6.45, 7) is 13.5. The van der Waals surface area contributed by atoms with Gasteiger partial charge in [-0.1, -0.05) is 58.0 Å². The number of carbonyl (C=O) groups excluding carboxylic acids is 1. The molecule has 1 heterocycles. The van der Waals surface area contributed by atoms with Gasteiger partial charge >= 0.3 is 0 Å². The number of sulfonamides is 1. The average Bonchev–Trinajstić information content (AvgIpc) is 2.73. The molecule has 0 unspecified atom stereocenters. The molecule has 1 N–H and O–H groups in total. The molecule has 0 aromatic heterocycles. The van der Waals surface area contributed by atoms with E-state index in [4.69, 9.17) is 0 Å². The van der Waals surface area contributed by atoms with Crippen molar-refractivity contribution in [1.82, 2.24) is 9.62 Å². The summed E-state index contributed by atoms with van der Waals surface area (Å²) in [5.74, 6) is 0.277. The number of hydrogen-bond acceptors (Lipinski definition) is 3. The largest absolute Gasteiger partial charge is 0.346 e. The third-order valence-corrected chi connectivity index (χ3v) is 8.35. The molecule has 6 heteroatoms. The zero-order chi connectivity index (χ0) is 23.7. The lowest BCUT2D eigenvalue weighted by Crippen LogP contribution is -2.38. The normalized spacial score (nSPS) is 17.2. The van der Waals surface area contributed by atoms with E-state index in [9.17, 15) is 13.2 Å². The van der Waals surface area contributed by atoms with Crippen LogP contribution < -0.4 is 5.32 Å². The highest BCUT2D eigenvalue weighted by Crippen LogP contribution is 2.26. The molecular formula is C26H36N2O3S. The van der Waals surface area contributed by atoms with E-state index >= 15 is 0 Å². The first-order valence-corrected chi connectivity index (χ1v) is 12.9. The van der Waals surface area contributed by atoms with Gasteiger partial charge in [0.05, 0.1) is 10.9 Å². The minimum Gasteiger partial charge on any atom is -0.346 e. The highest BCUT2D eigenvalue weighted by Gasteiger charge is 2.29. The van der Waals surface area contributed by atoms with Crippen LogP contribution in [0.5, 0.6) is 0 Å². The van der Waals surface area contributed by atoms with E-state index in [-0.39, 0.29) is 22.3 Å². The number of nitrogens with zero attached hydrogens (tertiary/aromatic N) is 1. The van der Waals surface area contributed by atoms with Crippen molar-refractivity contribution >= 4 is 15.9 Å². The summed E-state index contributed by atoms with van der Waals surface area (Å²) in [4.78, 5) is 13.2. The van der Waals surface area contributed by atoms with Crippen LogP contribution in [0, 0.1) is 12.8 Å². The highest BCUT2D eigenvalue weighted by atomic mass is 32.2. The zero-order valence-electron chi connectivity index (χ0n) is 20.1. The SMILES string of the molecule is Cc1ccc(S(=O)(=O)N2CCC(C)CC2)cc1C(=O)N[C@H](C)c1ccc(C(C)(C)C)cc1. The lowest BCUT2D eigenvalue weighted by atomic mass is 9.86. The van der Waals surface area contributed by atoms with Gasteiger partial charge in [0.15, 0.2) is 0 Å². The molecule has 2 aromatic carbocycles. The number of aryl methyl sites for hydroxylation is 1. The number of benzene rings is 2. The number of rotatable bonds is 5. The Bertz CT molecular complexity index is 1060. The van der Waals surface area contributed by atoms with Crippen LogP contribution in [0.3, 0.4) is 0 Å². The monoisotopic (exact) mass is 456 g/mol. The molecule has 1 fully saturated rings. The van der Waals surface area contributed by atoms with Crippen molar-refractivity contribution in [2.45, 2.75) is 70.7 Å². The fraction of sp³-hybridized carbons (Fsp3) is 0.500. The Morgan fingerprint density at radius 3 is 2.22 bits per heavy atom. The zero-order valence-corrected chi connectivity index (χ0v) is 20.9. The number of amides is 1. The maximum atomic E-state index is 13.1. The second-order valence-corrected chi connectivity index (χ2v) is 12.1. The van der Waals surface area contributed by atoms with Crippen LogP contribution in [-0.4, -0.2) is 31.7 Å². The van der Waals surface area contributed by atoms with Crippen LogP contribution in [0.1, 0.15) is 80.6 Å². The summed E-state index contributed by atoms with van der Waals surface area (Å²) in [6, 6.07) is 12.9. The second-order valence-electron chi connectivity index (χ2n) is 10.1. The second kappa shape index (κ2) is 9.36. The van der Waals surface area contributed by atoms with Crippen molar-refractivity contribution < 1.29 is 13.2 Å². The van der Waals surface area contributed by atoms with Gasteiger partial charge in [0.2, 0.25) is 10.0 Å². The molecule has 0 aliphatic carbocycles. The minimum absolute atomic E-state index is 0.0699. The molecule has 3 rings (SSSR count). The molecule has 1 atom stereocenters. The van der Waals surface area contributed by atoms with Crippen molar-refractivity contribution in [3.63, 3.8) is 0 Å². The van der Waals surface area contributed by atoms with Gasteiger partial charge in [-0.25, -0.2) is 8.42 Å². The fourth-order valence-corrected chi connectivity index (χ4v) is 5.51. The predicted octanol–water partition coefficient (Wildman–Crippen LogP) is 5.20. The lowest BCUT2D eigenvalue weighted by molar-refractivity contribution is 0.0939. The molecule has 174 valence electrons. The van der Waals surface area contributed by atoms with Crippen molar-refractivity contribution in [1.29, 1.82) is 0 Å².